The molecule has 2 amide bonds. The lowest BCUT2D eigenvalue weighted by atomic mass is 10.1. The van der Waals surface area contributed by atoms with Crippen molar-refractivity contribution < 1.29 is 27.5 Å². The molecule has 9 nitrogen and oxygen atoms in total. The van der Waals surface area contributed by atoms with Crippen LogP contribution in [-0.2, 0) is 24.3 Å². The number of amides is 2. The lowest BCUT2D eigenvalue weighted by molar-refractivity contribution is -0.123. The topological polar surface area (TPSA) is 122 Å². The number of rotatable bonds is 8. The van der Waals surface area contributed by atoms with Gasteiger partial charge in [0.2, 0.25) is 15.9 Å². The maximum atomic E-state index is 12.1. The summed E-state index contributed by atoms with van der Waals surface area (Å²) in [6.07, 6.45) is -0.292. The van der Waals surface area contributed by atoms with E-state index in [1.54, 1.807) is 20.8 Å². The van der Waals surface area contributed by atoms with Gasteiger partial charge in [0.1, 0.15) is 10.8 Å². The summed E-state index contributed by atoms with van der Waals surface area (Å²) >= 11 is 5.46. The zero-order valence-electron chi connectivity index (χ0n) is 14.5. The highest BCUT2D eigenvalue weighted by atomic mass is 35.5. The van der Waals surface area contributed by atoms with Gasteiger partial charge in [-0.1, -0.05) is 0 Å². The van der Waals surface area contributed by atoms with Gasteiger partial charge in [-0.25, -0.2) is 13.2 Å². The summed E-state index contributed by atoms with van der Waals surface area (Å²) in [5.74, 6) is -1.32. The predicted molar refractivity (Wildman–Crippen MR) is 91.6 cm³/mol. The number of nitrogens with one attached hydrogen (secondary N) is 2. The van der Waals surface area contributed by atoms with E-state index in [4.69, 9.17) is 16.3 Å². The highest BCUT2D eigenvalue weighted by Gasteiger charge is 2.32. The van der Waals surface area contributed by atoms with Crippen molar-refractivity contribution >= 4 is 39.4 Å². The first-order valence-electron chi connectivity index (χ1n) is 7.74. The van der Waals surface area contributed by atoms with Crippen LogP contribution in [0.2, 0.25) is 0 Å². The summed E-state index contributed by atoms with van der Waals surface area (Å²) in [7, 11) is -3.88. The van der Waals surface area contributed by atoms with Gasteiger partial charge in [0.15, 0.2) is 5.78 Å². The van der Waals surface area contributed by atoms with Crippen molar-refractivity contribution in [1.29, 1.82) is 0 Å². The fraction of sp³-hybridized carbons (Fsp3) is 0.786. The summed E-state index contributed by atoms with van der Waals surface area (Å²) < 4.78 is 30.0. The molecule has 25 heavy (non-hydrogen) atoms. The molecule has 144 valence electrons. The molecule has 2 N–H and O–H groups in total. The molecule has 1 aliphatic rings. The smallest absolute Gasteiger partial charge is 0.408 e. The molecule has 0 saturated carbocycles. The van der Waals surface area contributed by atoms with Crippen molar-refractivity contribution in [1.82, 2.24) is 14.9 Å². The van der Waals surface area contributed by atoms with Gasteiger partial charge in [0.05, 0.1) is 19.0 Å². The van der Waals surface area contributed by atoms with Gasteiger partial charge >= 0.3 is 6.09 Å². The number of alkyl carbamates (subject to hydrolysis) is 1. The first-order chi connectivity index (χ1) is 11.4. The lowest BCUT2D eigenvalue weighted by Gasteiger charge is -2.23. The molecule has 0 bridgehead atoms. The number of sulfonamides is 1. The Kier molecular flexibility index (Phi) is 7.63. The molecule has 1 atom stereocenters. The summed E-state index contributed by atoms with van der Waals surface area (Å²) in [6.45, 7) is 4.50. The van der Waals surface area contributed by atoms with Crippen molar-refractivity contribution in [3.05, 3.63) is 0 Å². The van der Waals surface area contributed by atoms with Gasteiger partial charge < -0.3 is 15.4 Å². The number of hydrogen-bond acceptors (Lipinski definition) is 6. The van der Waals surface area contributed by atoms with Crippen LogP contribution in [0.1, 0.15) is 27.2 Å². The third kappa shape index (κ3) is 7.57. The van der Waals surface area contributed by atoms with Crippen LogP contribution in [0.25, 0.3) is 0 Å². The minimum absolute atomic E-state index is 0.126. The lowest BCUT2D eigenvalue weighted by Crippen LogP contribution is -2.44. The Hall–Kier alpha value is -1.39. The highest BCUT2D eigenvalue weighted by Crippen LogP contribution is 2.15. The minimum Gasteiger partial charge on any atom is -0.444 e. The van der Waals surface area contributed by atoms with Gasteiger partial charge in [-0.15, -0.1) is 11.6 Å². The zero-order valence-corrected chi connectivity index (χ0v) is 16.1. The normalized spacial score (nSPS) is 18.1. The van der Waals surface area contributed by atoms with E-state index < -0.39 is 45.2 Å². The van der Waals surface area contributed by atoms with Crippen molar-refractivity contribution in [2.24, 2.45) is 5.92 Å². The van der Waals surface area contributed by atoms with Crippen molar-refractivity contribution in [2.75, 3.05) is 31.4 Å². The molecular weight excluding hydrogens is 374 g/mol. The van der Waals surface area contributed by atoms with E-state index in [0.29, 0.717) is 13.0 Å². The molecule has 1 rings (SSSR count). The highest BCUT2D eigenvalue weighted by molar-refractivity contribution is 7.90. The number of carbonyl (C=O) groups excluding carboxylic acids is 3. The molecule has 11 heteroatoms. The Labute approximate surface area is 152 Å². The van der Waals surface area contributed by atoms with E-state index in [0.717, 1.165) is 4.31 Å². The fourth-order valence-corrected chi connectivity index (χ4v) is 3.45. The molecule has 0 aromatic heterocycles. The van der Waals surface area contributed by atoms with Crippen LogP contribution in [0.4, 0.5) is 4.79 Å². The SMILES string of the molecule is CC(C)(C)OC(=O)NCC(=O)CN(CC1CCNC1=O)S(=O)(=O)CCl. The largest absolute Gasteiger partial charge is 0.444 e. The van der Waals surface area contributed by atoms with Crippen molar-refractivity contribution in [2.45, 2.75) is 32.8 Å². The number of nitrogens with zero attached hydrogens (tertiary/aromatic N) is 1. The average molecular weight is 398 g/mol. The second-order valence-corrected chi connectivity index (χ2v) is 9.24. The summed E-state index contributed by atoms with van der Waals surface area (Å²) in [5.41, 5.74) is -0.711. The second-order valence-electron chi connectivity index (χ2n) is 6.68. The summed E-state index contributed by atoms with van der Waals surface area (Å²) in [4.78, 5) is 35.2. The Morgan fingerprint density at radius 1 is 1.40 bits per heavy atom. The number of carbonyl (C=O) groups is 3. The first-order valence-corrected chi connectivity index (χ1v) is 9.89. The molecular formula is C14H24ClN3O6S. The first kappa shape index (κ1) is 21.7. The van der Waals surface area contributed by atoms with Crippen molar-refractivity contribution in [3.63, 3.8) is 0 Å². The van der Waals surface area contributed by atoms with Crippen LogP contribution in [0.15, 0.2) is 0 Å². The number of alkyl halides is 1. The van der Waals surface area contributed by atoms with Crippen LogP contribution in [0.5, 0.6) is 0 Å². The molecule has 1 fully saturated rings. The average Bonchev–Trinajstić information content (AvgIpc) is 2.88. The Morgan fingerprint density at radius 2 is 2.04 bits per heavy atom. The number of ketones is 1. The van der Waals surface area contributed by atoms with Crippen LogP contribution in [0, 0.1) is 5.92 Å². The maximum absolute atomic E-state index is 12.1. The molecule has 1 aliphatic heterocycles. The van der Waals surface area contributed by atoms with Gasteiger partial charge in [0, 0.05) is 13.1 Å². The van der Waals surface area contributed by atoms with Crippen LogP contribution < -0.4 is 10.6 Å². The van der Waals surface area contributed by atoms with Crippen LogP contribution in [0.3, 0.4) is 0 Å². The van der Waals surface area contributed by atoms with E-state index in [-0.39, 0.29) is 19.0 Å². The molecule has 0 spiro atoms. The van der Waals surface area contributed by atoms with Gasteiger partial charge in [-0.05, 0) is 27.2 Å². The standard InChI is InChI=1S/C14H24ClN3O6S/c1-14(2,3)24-13(21)17-6-11(19)8-18(25(22,23)9-15)7-10-4-5-16-12(10)20/h10H,4-9H2,1-3H3,(H,16,20)(H,17,21). The van der Waals surface area contributed by atoms with Crippen LogP contribution >= 0.6 is 11.6 Å². The van der Waals surface area contributed by atoms with Gasteiger partial charge in [0.25, 0.3) is 0 Å². The molecule has 1 saturated heterocycles. The van der Waals surface area contributed by atoms with E-state index in [1.807, 2.05) is 0 Å². The molecule has 0 aliphatic carbocycles. The molecule has 1 unspecified atom stereocenters. The number of hydrogen-bond donors (Lipinski definition) is 2. The number of halogens is 1. The van der Waals surface area contributed by atoms with Gasteiger partial charge in [-0.3, -0.25) is 9.59 Å². The van der Waals surface area contributed by atoms with E-state index in [9.17, 15) is 22.8 Å². The zero-order chi connectivity index (χ0) is 19.3. The summed E-state index contributed by atoms with van der Waals surface area (Å²) in [6, 6.07) is 0. The van der Waals surface area contributed by atoms with E-state index in [1.165, 1.54) is 0 Å². The van der Waals surface area contributed by atoms with E-state index >= 15 is 0 Å². The second kappa shape index (κ2) is 8.81. The number of ether oxygens (including phenoxy) is 1. The maximum Gasteiger partial charge on any atom is 0.408 e. The molecule has 0 aromatic carbocycles. The molecule has 0 radical (unpaired) electrons. The van der Waals surface area contributed by atoms with E-state index in [2.05, 4.69) is 10.6 Å². The number of Topliss-reactive ketones (excluding diaryl/α,β-unsaturated/α-hetero) is 1. The molecule has 1 heterocycles. The monoisotopic (exact) mass is 397 g/mol. The molecule has 0 aromatic rings. The van der Waals surface area contributed by atoms with Crippen LogP contribution in [-0.4, -0.2) is 67.5 Å². The predicted octanol–water partition coefficient (Wildman–Crippen LogP) is 0.0444. The Bertz CT molecular complexity index is 617. The minimum atomic E-state index is -3.88. The Balaban J connectivity index is 2.63. The third-order valence-electron chi connectivity index (χ3n) is 3.30. The van der Waals surface area contributed by atoms with Gasteiger partial charge in [-0.2, -0.15) is 4.31 Å². The summed E-state index contributed by atoms with van der Waals surface area (Å²) in [5, 5.41) is 4.18. The Morgan fingerprint density at radius 3 is 2.52 bits per heavy atom. The third-order valence-corrected chi connectivity index (χ3v) is 5.47. The fourth-order valence-electron chi connectivity index (χ4n) is 2.15. The quantitative estimate of drug-likeness (QED) is 0.558. The van der Waals surface area contributed by atoms with Crippen molar-refractivity contribution in [3.8, 4) is 0 Å².